The highest BCUT2D eigenvalue weighted by Crippen LogP contribution is 2.22. The Kier molecular flexibility index (Phi) is 5.48. The summed E-state index contributed by atoms with van der Waals surface area (Å²) in [6, 6.07) is 25.7. The maximum Gasteiger partial charge on any atom is 0.264 e. The Hall–Kier alpha value is -4.06. The molecule has 4 N–H and O–H groups in total. The van der Waals surface area contributed by atoms with Crippen molar-refractivity contribution in [3.8, 4) is 0 Å². The molecule has 0 saturated carbocycles. The number of rotatable bonds is 6. The zero-order chi connectivity index (χ0) is 20.9. The third-order valence-corrected chi connectivity index (χ3v) is 4.83. The Morgan fingerprint density at radius 1 is 0.833 bits per heavy atom. The van der Waals surface area contributed by atoms with Crippen LogP contribution in [-0.4, -0.2) is 23.0 Å². The van der Waals surface area contributed by atoms with E-state index in [1.807, 2.05) is 72.8 Å². The highest BCUT2D eigenvalue weighted by Gasteiger charge is 2.36. The molecule has 1 aliphatic rings. The van der Waals surface area contributed by atoms with Crippen LogP contribution in [-0.2, 0) is 16.0 Å². The van der Waals surface area contributed by atoms with E-state index in [2.05, 4.69) is 16.0 Å². The van der Waals surface area contributed by atoms with E-state index in [0.717, 1.165) is 16.9 Å². The zero-order valence-electron chi connectivity index (χ0n) is 16.1. The lowest BCUT2D eigenvalue weighted by Crippen LogP contribution is -2.31. The van der Waals surface area contributed by atoms with Gasteiger partial charge in [0.05, 0.1) is 6.04 Å². The van der Waals surface area contributed by atoms with Crippen molar-refractivity contribution in [2.45, 2.75) is 12.5 Å². The van der Waals surface area contributed by atoms with Gasteiger partial charge in [0.2, 0.25) is 0 Å². The lowest BCUT2D eigenvalue weighted by atomic mass is 10.0. The lowest BCUT2D eigenvalue weighted by molar-refractivity contribution is -0.120. The van der Waals surface area contributed by atoms with E-state index in [1.165, 1.54) is 0 Å². The number of aliphatic hydroxyl groups is 1. The quantitative estimate of drug-likeness (QED) is 0.473. The summed E-state index contributed by atoms with van der Waals surface area (Å²) in [4.78, 5) is 24.9. The van der Waals surface area contributed by atoms with Crippen LogP contribution < -0.4 is 16.0 Å². The summed E-state index contributed by atoms with van der Waals surface area (Å²) in [7, 11) is 0. The van der Waals surface area contributed by atoms with Crippen molar-refractivity contribution in [1.29, 1.82) is 0 Å². The molecule has 3 aromatic rings. The van der Waals surface area contributed by atoms with Gasteiger partial charge in [-0.3, -0.25) is 9.59 Å². The Balaban J connectivity index is 1.43. The number of amides is 2. The van der Waals surface area contributed by atoms with E-state index in [0.29, 0.717) is 12.1 Å². The van der Waals surface area contributed by atoms with Gasteiger partial charge in [0.25, 0.3) is 11.8 Å². The first-order valence-electron chi connectivity index (χ1n) is 9.61. The Bertz CT molecular complexity index is 1080. The summed E-state index contributed by atoms with van der Waals surface area (Å²) in [5, 5.41) is 19.1. The third-order valence-electron chi connectivity index (χ3n) is 4.83. The number of carbonyl (C=O) groups excluding carboxylic acids is 2. The predicted molar refractivity (Wildman–Crippen MR) is 117 cm³/mol. The molecule has 4 rings (SSSR count). The predicted octanol–water partition coefficient (Wildman–Crippen LogP) is 3.92. The van der Waals surface area contributed by atoms with Crippen molar-refractivity contribution in [3.05, 3.63) is 102 Å². The van der Waals surface area contributed by atoms with Gasteiger partial charge in [-0.2, -0.15) is 0 Å². The monoisotopic (exact) mass is 399 g/mol. The number of aliphatic hydroxyl groups excluding tert-OH is 1. The average molecular weight is 399 g/mol. The molecule has 0 fully saturated rings. The first kappa shape index (κ1) is 19.3. The largest absolute Gasteiger partial charge is 0.509 e. The normalized spacial score (nSPS) is 15.6. The molecule has 6 heteroatoms. The number of para-hydroxylation sites is 1. The highest BCUT2D eigenvalue weighted by atomic mass is 16.3. The maximum atomic E-state index is 12.6. The standard InChI is InChI=1S/C24H21N3O3/c28-22-20(15-16-7-3-1-4-8-16)27-24(30)21(22)23(29)26-19-13-11-18(12-14-19)25-17-9-5-2-6-10-17/h1-14,20,25,28H,15H2,(H,26,29)(H,27,30). The van der Waals surface area contributed by atoms with Gasteiger partial charge in [-0.25, -0.2) is 0 Å². The highest BCUT2D eigenvalue weighted by molar-refractivity contribution is 6.24. The van der Waals surface area contributed by atoms with Gasteiger partial charge in [0, 0.05) is 17.1 Å². The minimum Gasteiger partial charge on any atom is -0.509 e. The van der Waals surface area contributed by atoms with Gasteiger partial charge < -0.3 is 21.1 Å². The van der Waals surface area contributed by atoms with Gasteiger partial charge in [-0.1, -0.05) is 48.5 Å². The van der Waals surface area contributed by atoms with Crippen LogP contribution in [0.3, 0.4) is 0 Å². The molecule has 3 aromatic carbocycles. The molecule has 150 valence electrons. The van der Waals surface area contributed by atoms with E-state index in [9.17, 15) is 14.7 Å². The summed E-state index contributed by atoms with van der Waals surface area (Å²) in [6.07, 6.45) is 0.412. The van der Waals surface area contributed by atoms with Gasteiger partial charge in [-0.15, -0.1) is 0 Å². The first-order valence-corrected chi connectivity index (χ1v) is 9.61. The van der Waals surface area contributed by atoms with E-state index < -0.39 is 17.9 Å². The van der Waals surface area contributed by atoms with E-state index in [4.69, 9.17) is 0 Å². The molecule has 0 aliphatic carbocycles. The third kappa shape index (κ3) is 4.33. The minimum absolute atomic E-state index is 0.233. The summed E-state index contributed by atoms with van der Waals surface area (Å²) in [5.74, 6) is -1.44. The number of anilines is 3. The van der Waals surface area contributed by atoms with Crippen molar-refractivity contribution in [1.82, 2.24) is 5.32 Å². The van der Waals surface area contributed by atoms with E-state index in [1.54, 1.807) is 12.1 Å². The average Bonchev–Trinajstić information content (AvgIpc) is 3.04. The van der Waals surface area contributed by atoms with Gasteiger partial charge >= 0.3 is 0 Å². The fourth-order valence-electron chi connectivity index (χ4n) is 3.32. The van der Waals surface area contributed by atoms with Crippen LogP contribution in [0.4, 0.5) is 17.1 Å². The SMILES string of the molecule is O=C(Nc1ccc(Nc2ccccc2)cc1)C1=C(O)C(Cc2ccccc2)NC1=O. The van der Waals surface area contributed by atoms with Gasteiger partial charge in [0.1, 0.15) is 11.3 Å². The van der Waals surface area contributed by atoms with Crippen LogP contribution in [0.25, 0.3) is 0 Å². The van der Waals surface area contributed by atoms with Crippen LogP contribution in [0.5, 0.6) is 0 Å². The molecule has 2 amide bonds. The molecule has 1 aliphatic heterocycles. The minimum atomic E-state index is -0.635. The molecule has 6 nitrogen and oxygen atoms in total. The molecule has 1 atom stereocenters. The van der Waals surface area contributed by atoms with Crippen molar-refractivity contribution < 1.29 is 14.7 Å². The molecule has 0 bridgehead atoms. The Morgan fingerprint density at radius 3 is 2.07 bits per heavy atom. The number of carbonyl (C=O) groups is 2. The first-order chi connectivity index (χ1) is 14.6. The number of benzene rings is 3. The molecule has 0 saturated heterocycles. The van der Waals surface area contributed by atoms with Crippen LogP contribution in [0.1, 0.15) is 5.56 Å². The number of hydrogen-bond donors (Lipinski definition) is 4. The lowest BCUT2D eigenvalue weighted by Gasteiger charge is -2.10. The molecule has 0 spiro atoms. The van der Waals surface area contributed by atoms with Crippen molar-refractivity contribution in [2.24, 2.45) is 0 Å². The smallest absolute Gasteiger partial charge is 0.264 e. The van der Waals surface area contributed by atoms with Gasteiger partial charge in [-0.05, 0) is 48.4 Å². The van der Waals surface area contributed by atoms with Crippen molar-refractivity contribution in [2.75, 3.05) is 10.6 Å². The Morgan fingerprint density at radius 2 is 1.40 bits per heavy atom. The fourth-order valence-corrected chi connectivity index (χ4v) is 3.32. The van der Waals surface area contributed by atoms with Crippen LogP contribution in [0.2, 0.25) is 0 Å². The van der Waals surface area contributed by atoms with Crippen LogP contribution in [0, 0.1) is 0 Å². The Labute approximate surface area is 174 Å². The molecular weight excluding hydrogens is 378 g/mol. The van der Waals surface area contributed by atoms with E-state index in [-0.39, 0.29) is 11.3 Å². The molecule has 30 heavy (non-hydrogen) atoms. The molecule has 0 radical (unpaired) electrons. The fraction of sp³-hybridized carbons (Fsp3) is 0.0833. The van der Waals surface area contributed by atoms with E-state index >= 15 is 0 Å². The summed E-state index contributed by atoms with van der Waals surface area (Å²) in [6.45, 7) is 0. The molecule has 1 heterocycles. The number of hydrogen-bond acceptors (Lipinski definition) is 4. The number of nitrogens with one attached hydrogen (secondary N) is 3. The second-order valence-corrected chi connectivity index (χ2v) is 7.00. The molecular formula is C24H21N3O3. The summed E-state index contributed by atoms with van der Waals surface area (Å²) < 4.78 is 0. The zero-order valence-corrected chi connectivity index (χ0v) is 16.1. The summed E-state index contributed by atoms with van der Waals surface area (Å²) >= 11 is 0. The van der Waals surface area contributed by atoms with Crippen LogP contribution in [0.15, 0.2) is 96.3 Å². The van der Waals surface area contributed by atoms with Gasteiger partial charge in [0.15, 0.2) is 0 Å². The van der Waals surface area contributed by atoms with Crippen LogP contribution >= 0.6 is 0 Å². The topological polar surface area (TPSA) is 90.5 Å². The summed E-state index contributed by atoms with van der Waals surface area (Å²) in [5.41, 5.74) is 3.05. The molecule has 1 unspecified atom stereocenters. The second kappa shape index (κ2) is 8.53. The maximum absolute atomic E-state index is 12.6. The van der Waals surface area contributed by atoms with Crippen molar-refractivity contribution in [3.63, 3.8) is 0 Å². The molecule has 0 aromatic heterocycles. The second-order valence-electron chi connectivity index (χ2n) is 7.00. The van der Waals surface area contributed by atoms with Crippen molar-refractivity contribution >= 4 is 28.9 Å².